The number of aromatic nitrogens is 2. The number of aliphatic hydroxyl groups excluding tert-OH is 1. The van der Waals surface area contributed by atoms with Gasteiger partial charge in [-0.25, -0.2) is 14.8 Å². The summed E-state index contributed by atoms with van der Waals surface area (Å²) in [4.78, 5) is 25.9. The second-order valence-electron chi connectivity index (χ2n) is 10.4. The van der Waals surface area contributed by atoms with Crippen molar-refractivity contribution in [1.82, 2.24) is 15.3 Å². The molecule has 12 heteroatoms. The van der Waals surface area contributed by atoms with Crippen LogP contribution in [0, 0.1) is 0 Å². The molecule has 12 nitrogen and oxygen atoms in total. The molecular formula is C30H38N8O4. The SMILES string of the molecule is CC(CCNCCN)O/C(=N\N)c1cnc(Nc2ccc3c(c2)C(C)(C)OC3=O)nc1/N=C\C(CO)c1ccccc1. The Morgan fingerprint density at radius 2 is 2.00 bits per heavy atom. The smallest absolute Gasteiger partial charge is 0.339 e. The Labute approximate surface area is 245 Å². The van der Waals surface area contributed by atoms with Crippen LogP contribution >= 0.6 is 0 Å². The lowest BCUT2D eigenvalue weighted by molar-refractivity contribution is 0.00954. The van der Waals surface area contributed by atoms with E-state index in [1.54, 1.807) is 18.3 Å². The molecule has 1 aromatic heterocycles. The molecule has 1 aliphatic rings. The van der Waals surface area contributed by atoms with E-state index in [0.717, 1.165) is 11.1 Å². The van der Waals surface area contributed by atoms with E-state index >= 15 is 0 Å². The molecule has 2 heterocycles. The first kappa shape index (κ1) is 30.6. The highest BCUT2D eigenvalue weighted by Gasteiger charge is 2.37. The van der Waals surface area contributed by atoms with Crippen molar-refractivity contribution < 1.29 is 19.4 Å². The van der Waals surface area contributed by atoms with Crippen LogP contribution in [-0.4, -0.2) is 65.5 Å². The Kier molecular flexibility index (Phi) is 10.2. The first-order valence-electron chi connectivity index (χ1n) is 13.8. The second-order valence-corrected chi connectivity index (χ2v) is 10.4. The van der Waals surface area contributed by atoms with Crippen LogP contribution < -0.4 is 22.2 Å². The van der Waals surface area contributed by atoms with Gasteiger partial charge in [0.05, 0.1) is 18.3 Å². The molecule has 2 aromatic carbocycles. The van der Waals surface area contributed by atoms with Gasteiger partial charge in [-0.05, 0) is 57.5 Å². The van der Waals surface area contributed by atoms with Gasteiger partial charge in [0.2, 0.25) is 11.8 Å². The number of aliphatic imine (C=N–C) groups is 1. The van der Waals surface area contributed by atoms with Crippen LogP contribution in [0.1, 0.15) is 60.2 Å². The van der Waals surface area contributed by atoms with E-state index in [4.69, 9.17) is 21.1 Å². The summed E-state index contributed by atoms with van der Waals surface area (Å²) in [5, 5.41) is 20.3. The van der Waals surface area contributed by atoms with Crippen LogP contribution in [0.4, 0.5) is 17.5 Å². The van der Waals surface area contributed by atoms with Gasteiger partial charge in [0.25, 0.3) is 0 Å². The number of hydrogen-bond donors (Lipinski definition) is 5. The number of anilines is 2. The molecule has 0 radical (unpaired) electrons. The zero-order chi connectivity index (χ0) is 30.1. The number of carbonyl (C=O) groups is 1. The second kappa shape index (κ2) is 14.0. The number of benzene rings is 2. The lowest BCUT2D eigenvalue weighted by Gasteiger charge is -2.18. The third-order valence-corrected chi connectivity index (χ3v) is 6.77. The number of nitrogens with zero attached hydrogens (tertiary/aromatic N) is 4. The molecule has 0 saturated heterocycles. The van der Waals surface area contributed by atoms with Crippen molar-refractivity contribution in [3.63, 3.8) is 0 Å². The quantitative estimate of drug-likeness (QED) is 0.0508. The Morgan fingerprint density at radius 1 is 1.21 bits per heavy atom. The number of carbonyl (C=O) groups excluding carboxylic acids is 1. The van der Waals surface area contributed by atoms with Crippen LogP contribution in [0.3, 0.4) is 0 Å². The molecule has 3 aromatic rings. The number of hydrogen-bond acceptors (Lipinski definition) is 12. The van der Waals surface area contributed by atoms with Gasteiger partial charge >= 0.3 is 5.97 Å². The van der Waals surface area contributed by atoms with E-state index in [9.17, 15) is 9.90 Å². The van der Waals surface area contributed by atoms with Crippen molar-refractivity contribution in [2.45, 2.75) is 44.8 Å². The number of nitrogens with two attached hydrogens (primary N) is 2. The van der Waals surface area contributed by atoms with E-state index in [0.29, 0.717) is 42.9 Å². The highest BCUT2D eigenvalue weighted by molar-refractivity contribution is 5.98. The molecule has 0 bridgehead atoms. The number of esters is 1. The van der Waals surface area contributed by atoms with Crippen molar-refractivity contribution in [2.75, 3.05) is 31.6 Å². The largest absolute Gasteiger partial charge is 0.473 e. The minimum Gasteiger partial charge on any atom is -0.473 e. The maximum atomic E-state index is 12.2. The Balaban J connectivity index is 1.64. The fourth-order valence-electron chi connectivity index (χ4n) is 4.50. The average Bonchev–Trinajstić information content (AvgIpc) is 3.22. The van der Waals surface area contributed by atoms with Crippen LogP contribution in [0.25, 0.3) is 0 Å². The van der Waals surface area contributed by atoms with Crippen LogP contribution in [0.5, 0.6) is 0 Å². The lowest BCUT2D eigenvalue weighted by Crippen LogP contribution is -2.27. The number of hydrazone groups is 1. The van der Waals surface area contributed by atoms with Gasteiger partial charge in [-0.3, -0.25) is 0 Å². The van der Waals surface area contributed by atoms with E-state index in [1.807, 2.05) is 57.2 Å². The molecule has 0 fully saturated rings. The fraction of sp³-hybridized carbons (Fsp3) is 0.367. The van der Waals surface area contributed by atoms with E-state index < -0.39 is 5.60 Å². The summed E-state index contributed by atoms with van der Waals surface area (Å²) in [5.41, 5.74) is 8.04. The molecule has 222 valence electrons. The molecule has 7 N–H and O–H groups in total. The van der Waals surface area contributed by atoms with Crippen LogP contribution in [-0.2, 0) is 15.1 Å². The zero-order valence-electron chi connectivity index (χ0n) is 24.1. The molecule has 2 unspecified atom stereocenters. The summed E-state index contributed by atoms with van der Waals surface area (Å²) in [6, 6.07) is 14.9. The number of nitrogens with one attached hydrogen (secondary N) is 2. The molecule has 0 amide bonds. The highest BCUT2D eigenvalue weighted by atomic mass is 16.6. The molecular weight excluding hydrogens is 536 g/mol. The van der Waals surface area contributed by atoms with Crippen molar-refractivity contribution in [3.05, 3.63) is 77.0 Å². The third-order valence-electron chi connectivity index (χ3n) is 6.77. The molecule has 1 aliphatic heterocycles. The van der Waals surface area contributed by atoms with Gasteiger partial charge in [0.15, 0.2) is 5.82 Å². The van der Waals surface area contributed by atoms with Gasteiger partial charge < -0.3 is 36.8 Å². The molecule has 4 rings (SSSR count). The monoisotopic (exact) mass is 574 g/mol. The van der Waals surface area contributed by atoms with Gasteiger partial charge in [0, 0.05) is 42.7 Å². The Bertz CT molecular complexity index is 1430. The maximum absolute atomic E-state index is 12.2. The standard InChI is InChI=1S/C30H38N8O4/c1-19(11-13-33-14-12-31)41-27(38-32)24-17-35-29(36-22-9-10-23-25(15-22)30(2,3)42-28(23)40)37-26(24)34-16-21(18-39)20-7-5-4-6-8-20/h4-10,15-17,19,21,33,39H,11-14,18,31-32H2,1-3H3,(H,35,36,37)/b34-16-,38-27-. The molecule has 2 atom stereocenters. The Hall–Kier alpha value is -4.39. The highest BCUT2D eigenvalue weighted by Crippen LogP contribution is 2.37. The van der Waals surface area contributed by atoms with Crippen molar-refractivity contribution >= 4 is 35.5 Å². The molecule has 42 heavy (non-hydrogen) atoms. The maximum Gasteiger partial charge on any atom is 0.339 e. The van der Waals surface area contributed by atoms with Crippen LogP contribution in [0.2, 0.25) is 0 Å². The first-order chi connectivity index (χ1) is 20.2. The zero-order valence-corrected chi connectivity index (χ0v) is 24.1. The number of fused-ring (bicyclic) bond motifs is 1. The van der Waals surface area contributed by atoms with Gasteiger partial charge in [0.1, 0.15) is 11.2 Å². The summed E-state index contributed by atoms with van der Waals surface area (Å²) in [6.07, 6.45) is 3.63. The predicted molar refractivity (Wildman–Crippen MR) is 162 cm³/mol. The number of aliphatic hydroxyl groups is 1. The molecule has 0 aliphatic carbocycles. The lowest BCUT2D eigenvalue weighted by atomic mass is 9.95. The normalized spacial score (nSPS) is 15.7. The summed E-state index contributed by atoms with van der Waals surface area (Å²) < 4.78 is 11.5. The van der Waals surface area contributed by atoms with E-state index in [1.165, 1.54) is 6.20 Å². The first-order valence-corrected chi connectivity index (χ1v) is 13.8. The van der Waals surface area contributed by atoms with E-state index in [-0.39, 0.29) is 42.3 Å². The number of rotatable bonds is 13. The minimum atomic E-state index is -0.749. The van der Waals surface area contributed by atoms with E-state index in [2.05, 4.69) is 30.7 Å². The van der Waals surface area contributed by atoms with Gasteiger partial charge in [-0.2, -0.15) is 4.98 Å². The topological polar surface area (TPSA) is 182 Å². The summed E-state index contributed by atoms with van der Waals surface area (Å²) in [5.74, 6) is 5.67. The van der Waals surface area contributed by atoms with Gasteiger partial charge in [-0.1, -0.05) is 30.3 Å². The van der Waals surface area contributed by atoms with Crippen molar-refractivity contribution in [3.8, 4) is 0 Å². The van der Waals surface area contributed by atoms with Crippen molar-refractivity contribution in [1.29, 1.82) is 0 Å². The fourth-order valence-corrected chi connectivity index (χ4v) is 4.50. The molecule has 0 saturated carbocycles. The third kappa shape index (κ3) is 7.46. The minimum absolute atomic E-state index is 0.134. The summed E-state index contributed by atoms with van der Waals surface area (Å²) in [6.45, 7) is 7.42. The summed E-state index contributed by atoms with van der Waals surface area (Å²) >= 11 is 0. The number of ether oxygens (including phenoxy) is 2. The predicted octanol–water partition coefficient (Wildman–Crippen LogP) is 3.07. The van der Waals surface area contributed by atoms with Gasteiger partial charge in [-0.15, -0.1) is 5.10 Å². The van der Waals surface area contributed by atoms with Crippen molar-refractivity contribution in [2.24, 2.45) is 21.7 Å². The summed E-state index contributed by atoms with van der Waals surface area (Å²) in [7, 11) is 0. The van der Waals surface area contributed by atoms with Crippen LogP contribution in [0.15, 0.2) is 64.8 Å². The number of cyclic esters (lactones) is 1. The molecule has 0 spiro atoms. The average molecular weight is 575 g/mol. The Morgan fingerprint density at radius 3 is 2.71 bits per heavy atom.